The lowest BCUT2D eigenvalue weighted by Gasteiger charge is -2.29. The SMILES string of the molecule is CCOc1ccc(C(=O)/C=C2/NCCN(c3ccccc3)C2=O)cc1. The first-order chi connectivity index (χ1) is 12.2. The average molecular weight is 336 g/mol. The van der Waals surface area contributed by atoms with Crippen LogP contribution in [0.4, 0.5) is 5.69 Å². The van der Waals surface area contributed by atoms with Gasteiger partial charge in [-0.3, -0.25) is 9.59 Å². The average Bonchev–Trinajstić information content (AvgIpc) is 2.65. The number of anilines is 1. The number of amides is 1. The summed E-state index contributed by atoms with van der Waals surface area (Å²) in [5, 5.41) is 3.03. The number of ketones is 1. The number of nitrogens with zero attached hydrogens (tertiary/aromatic N) is 1. The van der Waals surface area contributed by atoms with E-state index in [1.165, 1.54) is 6.08 Å². The molecule has 1 amide bonds. The highest BCUT2D eigenvalue weighted by molar-refractivity contribution is 6.13. The lowest BCUT2D eigenvalue weighted by Crippen LogP contribution is -2.46. The van der Waals surface area contributed by atoms with Crippen LogP contribution in [0.15, 0.2) is 66.4 Å². The summed E-state index contributed by atoms with van der Waals surface area (Å²) in [5.74, 6) is 0.305. The van der Waals surface area contributed by atoms with E-state index in [1.807, 2.05) is 37.3 Å². The van der Waals surface area contributed by atoms with Gasteiger partial charge >= 0.3 is 0 Å². The summed E-state index contributed by atoms with van der Waals surface area (Å²) < 4.78 is 5.37. The molecule has 25 heavy (non-hydrogen) atoms. The molecule has 1 heterocycles. The van der Waals surface area contributed by atoms with Crippen LogP contribution in [0, 0.1) is 0 Å². The van der Waals surface area contributed by atoms with Crippen LogP contribution in [0.1, 0.15) is 17.3 Å². The minimum absolute atomic E-state index is 0.197. The molecule has 0 bridgehead atoms. The van der Waals surface area contributed by atoms with E-state index in [1.54, 1.807) is 29.2 Å². The molecule has 0 spiro atoms. The Morgan fingerprint density at radius 2 is 1.88 bits per heavy atom. The first-order valence-electron chi connectivity index (χ1n) is 8.28. The van der Waals surface area contributed by atoms with E-state index in [4.69, 9.17) is 4.74 Å². The van der Waals surface area contributed by atoms with Gasteiger partial charge in [0.05, 0.1) is 6.61 Å². The highest BCUT2D eigenvalue weighted by atomic mass is 16.5. The van der Waals surface area contributed by atoms with Crippen LogP contribution >= 0.6 is 0 Å². The van der Waals surface area contributed by atoms with Crippen LogP contribution in [0.25, 0.3) is 0 Å². The van der Waals surface area contributed by atoms with Gasteiger partial charge in [-0.15, -0.1) is 0 Å². The molecule has 0 atom stereocenters. The second kappa shape index (κ2) is 7.66. The maximum absolute atomic E-state index is 12.7. The number of carbonyl (C=O) groups is 2. The summed E-state index contributed by atoms with van der Waals surface area (Å²) in [7, 11) is 0. The van der Waals surface area contributed by atoms with Crippen LogP contribution in [0.3, 0.4) is 0 Å². The van der Waals surface area contributed by atoms with Gasteiger partial charge < -0.3 is 15.0 Å². The largest absolute Gasteiger partial charge is 0.494 e. The van der Waals surface area contributed by atoms with Crippen molar-refractivity contribution in [3.8, 4) is 5.75 Å². The topological polar surface area (TPSA) is 58.6 Å². The molecule has 0 radical (unpaired) electrons. The van der Waals surface area contributed by atoms with Gasteiger partial charge in [-0.2, -0.15) is 0 Å². The molecule has 0 aliphatic carbocycles. The molecule has 3 rings (SSSR count). The first-order valence-corrected chi connectivity index (χ1v) is 8.28. The monoisotopic (exact) mass is 336 g/mol. The second-order valence-electron chi connectivity index (χ2n) is 5.60. The van der Waals surface area contributed by atoms with Gasteiger partial charge in [0.2, 0.25) is 0 Å². The molecule has 0 unspecified atom stereocenters. The normalized spacial score (nSPS) is 15.8. The molecule has 0 saturated carbocycles. The zero-order chi connectivity index (χ0) is 17.6. The summed E-state index contributed by atoms with van der Waals surface area (Å²) in [5.41, 5.74) is 1.66. The molecule has 2 aromatic rings. The molecule has 1 aliphatic rings. The van der Waals surface area contributed by atoms with E-state index in [2.05, 4.69) is 5.32 Å². The number of hydrogen-bond donors (Lipinski definition) is 1. The summed E-state index contributed by atoms with van der Waals surface area (Å²) in [6.07, 6.45) is 1.37. The third-order valence-corrected chi connectivity index (χ3v) is 3.92. The minimum Gasteiger partial charge on any atom is -0.494 e. The molecule has 5 heteroatoms. The van der Waals surface area contributed by atoms with Gasteiger partial charge in [-0.05, 0) is 43.3 Å². The maximum Gasteiger partial charge on any atom is 0.274 e. The highest BCUT2D eigenvalue weighted by Crippen LogP contribution is 2.18. The van der Waals surface area contributed by atoms with Gasteiger partial charge in [0.15, 0.2) is 5.78 Å². The van der Waals surface area contributed by atoms with E-state index < -0.39 is 0 Å². The summed E-state index contributed by atoms with van der Waals surface area (Å²) in [6, 6.07) is 16.4. The first kappa shape index (κ1) is 16.8. The standard InChI is InChI=1S/C20H20N2O3/c1-2-25-17-10-8-15(9-11-17)19(23)14-18-20(24)22(13-12-21-18)16-6-4-3-5-7-16/h3-11,14,21H,2,12-13H2,1H3/b18-14+. The van der Waals surface area contributed by atoms with Gasteiger partial charge in [-0.25, -0.2) is 0 Å². The lowest BCUT2D eigenvalue weighted by atomic mass is 10.1. The molecule has 0 aromatic heterocycles. The third-order valence-electron chi connectivity index (χ3n) is 3.92. The molecular weight excluding hydrogens is 316 g/mol. The second-order valence-corrected chi connectivity index (χ2v) is 5.60. The van der Waals surface area contributed by atoms with Crippen molar-refractivity contribution in [2.75, 3.05) is 24.6 Å². The van der Waals surface area contributed by atoms with Crippen molar-refractivity contribution in [2.45, 2.75) is 6.92 Å². The maximum atomic E-state index is 12.7. The molecular formula is C20H20N2O3. The smallest absolute Gasteiger partial charge is 0.274 e. The molecule has 5 nitrogen and oxygen atoms in total. The molecule has 1 saturated heterocycles. The number of rotatable bonds is 5. The summed E-state index contributed by atoms with van der Waals surface area (Å²) >= 11 is 0. The van der Waals surface area contributed by atoms with Crippen LogP contribution in [0.2, 0.25) is 0 Å². The Morgan fingerprint density at radius 1 is 1.16 bits per heavy atom. The highest BCUT2D eigenvalue weighted by Gasteiger charge is 2.24. The predicted molar refractivity (Wildman–Crippen MR) is 96.8 cm³/mol. The quantitative estimate of drug-likeness (QED) is 0.674. The van der Waals surface area contributed by atoms with Crippen molar-refractivity contribution in [1.82, 2.24) is 5.32 Å². The van der Waals surface area contributed by atoms with Crippen molar-refractivity contribution in [2.24, 2.45) is 0 Å². The number of piperazine rings is 1. The fourth-order valence-corrected chi connectivity index (χ4v) is 2.69. The van der Waals surface area contributed by atoms with Crippen LogP contribution in [-0.4, -0.2) is 31.4 Å². The van der Waals surface area contributed by atoms with Crippen LogP contribution in [0.5, 0.6) is 5.75 Å². The van der Waals surface area contributed by atoms with E-state index in [-0.39, 0.29) is 11.7 Å². The number of allylic oxidation sites excluding steroid dienone is 1. The Kier molecular flexibility index (Phi) is 5.14. The van der Waals surface area contributed by atoms with E-state index in [0.717, 1.165) is 5.69 Å². The van der Waals surface area contributed by atoms with Gasteiger partial charge in [0, 0.05) is 30.4 Å². The Bertz CT molecular complexity index is 782. The zero-order valence-corrected chi connectivity index (χ0v) is 14.1. The molecule has 1 N–H and O–H groups in total. The fraction of sp³-hybridized carbons (Fsp3) is 0.200. The summed E-state index contributed by atoms with van der Waals surface area (Å²) in [6.45, 7) is 3.65. The summed E-state index contributed by atoms with van der Waals surface area (Å²) in [4.78, 5) is 26.8. The lowest BCUT2D eigenvalue weighted by molar-refractivity contribution is -0.116. The third kappa shape index (κ3) is 3.88. The number of hydrogen-bond acceptors (Lipinski definition) is 4. The van der Waals surface area contributed by atoms with Gasteiger partial charge in [0.25, 0.3) is 5.91 Å². The van der Waals surface area contributed by atoms with Gasteiger partial charge in [0.1, 0.15) is 11.4 Å². The Hall–Kier alpha value is -3.08. The molecule has 1 aliphatic heterocycles. The molecule has 128 valence electrons. The Morgan fingerprint density at radius 3 is 2.56 bits per heavy atom. The Balaban J connectivity index is 1.77. The number of nitrogens with one attached hydrogen (secondary N) is 1. The molecule has 1 fully saturated rings. The van der Waals surface area contributed by atoms with E-state index in [9.17, 15) is 9.59 Å². The zero-order valence-electron chi connectivity index (χ0n) is 14.1. The van der Waals surface area contributed by atoms with E-state index in [0.29, 0.717) is 36.7 Å². The predicted octanol–water partition coefficient (Wildman–Crippen LogP) is 2.79. The number of para-hydroxylation sites is 1. The van der Waals surface area contributed by atoms with Crippen LogP contribution in [-0.2, 0) is 4.79 Å². The fourth-order valence-electron chi connectivity index (χ4n) is 2.69. The number of benzene rings is 2. The number of carbonyl (C=O) groups excluding carboxylic acids is 2. The van der Waals surface area contributed by atoms with Crippen molar-refractivity contribution in [1.29, 1.82) is 0 Å². The van der Waals surface area contributed by atoms with Crippen molar-refractivity contribution in [3.63, 3.8) is 0 Å². The van der Waals surface area contributed by atoms with Gasteiger partial charge in [-0.1, -0.05) is 18.2 Å². The van der Waals surface area contributed by atoms with Crippen molar-refractivity contribution < 1.29 is 14.3 Å². The minimum atomic E-state index is -0.214. The van der Waals surface area contributed by atoms with Crippen molar-refractivity contribution >= 4 is 17.4 Å². The van der Waals surface area contributed by atoms with E-state index >= 15 is 0 Å². The van der Waals surface area contributed by atoms with Crippen LogP contribution < -0.4 is 15.0 Å². The number of ether oxygens (including phenoxy) is 1. The van der Waals surface area contributed by atoms with Crippen molar-refractivity contribution in [3.05, 3.63) is 71.9 Å². The molecule has 2 aromatic carbocycles. The Labute approximate surface area is 146 Å².